The van der Waals surface area contributed by atoms with Crippen molar-refractivity contribution in [1.82, 2.24) is 15.5 Å². The molecule has 0 unspecified atom stereocenters. The second kappa shape index (κ2) is 7.58. The lowest BCUT2D eigenvalue weighted by Crippen LogP contribution is -2.45. The highest BCUT2D eigenvalue weighted by atomic mass is 32.1. The number of methoxy groups -OCH3 is 1. The molecule has 0 spiro atoms. The number of nitrogens with zero attached hydrogens (tertiary/aromatic N) is 2. The van der Waals surface area contributed by atoms with Crippen LogP contribution in [-0.4, -0.2) is 35.3 Å². The largest absolute Gasteiger partial charge is 0.430 e. The molecule has 0 saturated heterocycles. The van der Waals surface area contributed by atoms with Crippen LogP contribution >= 0.6 is 11.3 Å². The number of carbonyl (C=O) groups is 2. The Kier molecular flexibility index (Phi) is 5.25. The molecule has 1 fully saturated rings. The van der Waals surface area contributed by atoms with Crippen molar-refractivity contribution in [1.29, 1.82) is 0 Å². The first-order valence-electron chi connectivity index (χ1n) is 7.74. The van der Waals surface area contributed by atoms with Crippen LogP contribution in [0.4, 0.5) is 10.5 Å². The highest BCUT2D eigenvalue weighted by Gasteiger charge is 2.35. The lowest BCUT2D eigenvalue weighted by atomic mass is 9.81. The van der Waals surface area contributed by atoms with Crippen LogP contribution in [0.15, 0.2) is 23.7 Å². The summed E-state index contributed by atoms with van der Waals surface area (Å²) in [7, 11) is 1.62. The van der Waals surface area contributed by atoms with E-state index in [2.05, 4.69) is 20.8 Å². The molecule has 2 aromatic rings. The van der Waals surface area contributed by atoms with Gasteiger partial charge >= 0.3 is 6.03 Å². The van der Waals surface area contributed by atoms with Crippen molar-refractivity contribution in [3.05, 3.63) is 29.3 Å². The molecule has 9 heteroatoms. The fourth-order valence-electron chi connectivity index (χ4n) is 2.49. The first kappa shape index (κ1) is 17.3. The van der Waals surface area contributed by atoms with Gasteiger partial charge in [-0.05, 0) is 43.5 Å². The van der Waals surface area contributed by atoms with Crippen LogP contribution in [0.5, 0.6) is 10.9 Å². The molecule has 1 saturated carbocycles. The number of aryl methyl sites for hydroxylation is 1. The molecule has 1 aliphatic carbocycles. The number of rotatable bonds is 5. The van der Waals surface area contributed by atoms with Crippen molar-refractivity contribution in [2.75, 3.05) is 12.4 Å². The average molecular weight is 362 g/mol. The van der Waals surface area contributed by atoms with E-state index >= 15 is 0 Å². The molecule has 2 N–H and O–H groups in total. The Morgan fingerprint density at radius 1 is 1.32 bits per heavy atom. The zero-order valence-electron chi connectivity index (χ0n) is 13.8. The Bertz CT molecular complexity index is 760. The second-order valence-electron chi connectivity index (χ2n) is 5.76. The van der Waals surface area contributed by atoms with Crippen LogP contribution in [0, 0.1) is 12.8 Å². The number of urea groups is 1. The fraction of sp³-hybridized carbons (Fsp3) is 0.375. The van der Waals surface area contributed by atoms with Crippen molar-refractivity contribution in [2.24, 2.45) is 5.92 Å². The van der Waals surface area contributed by atoms with Crippen LogP contribution in [0.1, 0.15) is 18.4 Å². The molecule has 1 aromatic heterocycles. The van der Waals surface area contributed by atoms with Crippen LogP contribution in [-0.2, 0) is 9.53 Å². The van der Waals surface area contributed by atoms with Crippen molar-refractivity contribution in [3.63, 3.8) is 0 Å². The summed E-state index contributed by atoms with van der Waals surface area (Å²) in [5, 5.41) is 13.0. The van der Waals surface area contributed by atoms with Crippen molar-refractivity contribution in [2.45, 2.75) is 25.9 Å². The lowest BCUT2D eigenvalue weighted by Gasteiger charge is -2.32. The Morgan fingerprint density at radius 3 is 2.76 bits per heavy atom. The number of amides is 3. The van der Waals surface area contributed by atoms with Gasteiger partial charge in [0.25, 0.3) is 5.19 Å². The van der Waals surface area contributed by atoms with Crippen LogP contribution in [0.25, 0.3) is 0 Å². The molecule has 3 amide bonds. The third kappa shape index (κ3) is 4.31. The van der Waals surface area contributed by atoms with E-state index in [9.17, 15) is 9.59 Å². The molecule has 0 aliphatic heterocycles. The van der Waals surface area contributed by atoms with Crippen LogP contribution < -0.4 is 15.4 Å². The van der Waals surface area contributed by atoms with Gasteiger partial charge in [0.05, 0.1) is 6.10 Å². The molecule has 8 nitrogen and oxygen atoms in total. The van der Waals surface area contributed by atoms with E-state index in [4.69, 9.17) is 9.47 Å². The minimum absolute atomic E-state index is 0.113. The predicted octanol–water partition coefficient (Wildman–Crippen LogP) is 2.71. The molecular weight excluding hydrogens is 344 g/mol. The van der Waals surface area contributed by atoms with Crippen molar-refractivity contribution < 1.29 is 19.1 Å². The number of aromatic nitrogens is 2. The normalized spacial score (nSPS) is 19.0. The van der Waals surface area contributed by atoms with Gasteiger partial charge in [-0.15, -0.1) is 5.10 Å². The summed E-state index contributed by atoms with van der Waals surface area (Å²) in [4.78, 5) is 23.9. The average Bonchev–Trinajstić information content (AvgIpc) is 3.02. The summed E-state index contributed by atoms with van der Waals surface area (Å²) in [5.41, 5.74) is 2.97. The standard InChI is InChI=1S/C16H18N4O4S/c1-9-5-11(3-4-13(9)24-16-20-17-8-25-16)18-15(22)19-14(21)10-6-12(7-10)23-2/h3-5,8,10,12H,6-7H2,1-2H3,(H2,18,19,21,22). The molecule has 0 atom stereocenters. The monoisotopic (exact) mass is 362 g/mol. The summed E-state index contributed by atoms with van der Waals surface area (Å²) in [6, 6.07) is 4.62. The van der Waals surface area contributed by atoms with E-state index in [0.717, 1.165) is 5.56 Å². The molecular formula is C16H18N4O4S. The van der Waals surface area contributed by atoms with Crippen LogP contribution in [0.2, 0.25) is 0 Å². The quantitative estimate of drug-likeness (QED) is 0.848. The number of hydrogen-bond acceptors (Lipinski definition) is 7. The summed E-state index contributed by atoms with van der Waals surface area (Å²) < 4.78 is 10.7. The highest BCUT2D eigenvalue weighted by molar-refractivity contribution is 7.11. The van der Waals surface area contributed by atoms with Gasteiger partial charge in [-0.2, -0.15) is 0 Å². The molecule has 0 bridgehead atoms. The molecule has 132 valence electrons. The number of anilines is 1. The van der Waals surface area contributed by atoms with E-state index in [1.54, 1.807) is 30.8 Å². The summed E-state index contributed by atoms with van der Waals surface area (Å²) >= 11 is 1.29. The van der Waals surface area contributed by atoms with E-state index in [1.165, 1.54) is 11.3 Å². The molecule has 1 heterocycles. The van der Waals surface area contributed by atoms with Gasteiger partial charge in [0.1, 0.15) is 11.3 Å². The zero-order chi connectivity index (χ0) is 17.8. The van der Waals surface area contributed by atoms with Gasteiger partial charge < -0.3 is 14.8 Å². The van der Waals surface area contributed by atoms with Crippen molar-refractivity contribution >= 4 is 29.0 Å². The van der Waals surface area contributed by atoms with E-state index in [-0.39, 0.29) is 17.9 Å². The topological polar surface area (TPSA) is 102 Å². The Hall–Kier alpha value is -2.52. The van der Waals surface area contributed by atoms with E-state index < -0.39 is 6.03 Å². The number of nitrogens with one attached hydrogen (secondary N) is 2. The Morgan fingerprint density at radius 2 is 2.12 bits per heavy atom. The van der Waals surface area contributed by atoms with E-state index in [1.807, 2.05) is 6.92 Å². The molecule has 3 rings (SSSR count). The summed E-state index contributed by atoms with van der Waals surface area (Å²) in [6.45, 7) is 1.85. The third-order valence-corrected chi connectivity index (χ3v) is 4.57. The predicted molar refractivity (Wildman–Crippen MR) is 91.8 cm³/mol. The maximum absolute atomic E-state index is 11.9. The number of benzene rings is 1. The zero-order valence-corrected chi connectivity index (χ0v) is 14.6. The van der Waals surface area contributed by atoms with Gasteiger partial charge in [-0.25, -0.2) is 4.79 Å². The second-order valence-corrected chi connectivity index (χ2v) is 6.55. The summed E-state index contributed by atoms with van der Waals surface area (Å²) in [6.07, 6.45) is 1.40. The minimum Gasteiger partial charge on any atom is -0.430 e. The van der Waals surface area contributed by atoms with Crippen molar-refractivity contribution in [3.8, 4) is 10.9 Å². The first-order valence-corrected chi connectivity index (χ1v) is 8.62. The third-order valence-electron chi connectivity index (χ3n) is 4.01. The summed E-state index contributed by atoms with van der Waals surface area (Å²) in [5.74, 6) is 0.178. The Balaban J connectivity index is 1.53. The molecule has 1 aromatic carbocycles. The SMILES string of the molecule is COC1CC(C(=O)NC(=O)Nc2ccc(Oc3nncs3)c(C)c2)C1. The van der Waals surface area contributed by atoms with Gasteiger partial charge in [0.2, 0.25) is 5.91 Å². The van der Waals surface area contributed by atoms with Gasteiger partial charge in [-0.1, -0.05) is 16.4 Å². The van der Waals surface area contributed by atoms with Gasteiger partial charge in [0, 0.05) is 18.7 Å². The Labute approximate surface area is 148 Å². The van der Waals surface area contributed by atoms with E-state index in [0.29, 0.717) is 29.5 Å². The number of hydrogen-bond donors (Lipinski definition) is 2. The van der Waals surface area contributed by atoms with Crippen LogP contribution in [0.3, 0.4) is 0 Å². The smallest absolute Gasteiger partial charge is 0.325 e. The highest BCUT2D eigenvalue weighted by Crippen LogP contribution is 2.30. The maximum atomic E-state index is 11.9. The molecule has 0 radical (unpaired) electrons. The molecule has 25 heavy (non-hydrogen) atoms. The minimum atomic E-state index is -0.553. The van der Waals surface area contributed by atoms with Gasteiger partial charge in [0.15, 0.2) is 0 Å². The molecule has 1 aliphatic rings. The number of ether oxygens (including phenoxy) is 2. The fourth-order valence-corrected chi connectivity index (χ4v) is 2.91. The number of carbonyl (C=O) groups excluding carboxylic acids is 2. The maximum Gasteiger partial charge on any atom is 0.325 e. The lowest BCUT2D eigenvalue weighted by molar-refractivity contribution is -0.131. The number of imide groups is 1. The van der Waals surface area contributed by atoms with Gasteiger partial charge in [-0.3, -0.25) is 10.1 Å². The first-order chi connectivity index (χ1) is 12.0.